The lowest BCUT2D eigenvalue weighted by Crippen LogP contribution is -2.04. The van der Waals surface area contributed by atoms with E-state index in [4.69, 9.17) is 5.73 Å². The highest BCUT2D eigenvalue weighted by molar-refractivity contribution is 7.19. The second-order valence-electron chi connectivity index (χ2n) is 2.70. The smallest absolute Gasteiger partial charge is 0.152 e. The van der Waals surface area contributed by atoms with Gasteiger partial charge >= 0.3 is 0 Å². The highest BCUT2D eigenvalue weighted by Gasteiger charge is 2.08. The minimum absolute atomic E-state index is 0.00459. The normalized spacial score (nSPS) is 13.1. The fraction of sp³-hybridized carbons (Fsp3) is 0.250. The summed E-state index contributed by atoms with van der Waals surface area (Å²) in [4.78, 5) is 8.58. The molecule has 2 aromatic heterocycles. The zero-order valence-corrected chi connectivity index (χ0v) is 8.73. The van der Waals surface area contributed by atoms with Gasteiger partial charge in [0, 0.05) is 23.0 Å². The molecular formula is C8H9N3S2. The van der Waals surface area contributed by atoms with Crippen LogP contribution >= 0.6 is 22.7 Å². The molecule has 0 radical (unpaired) electrons. The van der Waals surface area contributed by atoms with Crippen molar-refractivity contribution in [1.29, 1.82) is 0 Å². The molecule has 0 aliphatic carbocycles. The van der Waals surface area contributed by atoms with E-state index in [2.05, 4.69) is 9.97 Å². The Hall–Kier alpha value is -0.780. The van der Waals surface area contributed by atoms with E-state index in [1.165, 1.54) is 0 Å². The Morgan fingerprint density at radius 1 is 1.38 bits per heavy atom. The number of aromatic nitrogens is 2. The van der Waals surface area contributed by atoms with Crippen molar-refractivity contribution in [1.82, 2.24) is 9.97 Å². The van der Waals surface area contributed by atoms with Crippen LogP contribution in [0.15, 0.2) is 17.0 Å². The van der Waals surface area contributed by atoms with Crippen LogP contribution in [0.4, 0.5) is 0 Å². The van der Waals surface area contributed by atoms with Crippen LogP contribution in [0.1, 0.15) is 18.7 Å². The minimum Gasteiger partial charge on any atom is -0.323 e. The van der Waals surface area contributed by atoms with E-state index in [-0.39, 0.29) is 6.04 Å². The molecule has 2 aromatic rings. The standard InChI is InChI=1S/C8H9N3S2/c1-5(9)6-4-13-8(11-6)7-10-2-3-12-7/h2-5H,9H2,1H3. The summed E-state index contributed by atoms with van der Waals surface area (Å²) in [6.45, 7) is 1.93. The summed E-state index contributed by atoms with van der Waals surface area (Å²) in [5.41, 5.74) is 6.65. The lowest BCUT2D eigenvalue weighted by atomic mass is 10.3. The van der Waals surface area contributed by atoms with Gasteiger partial charge < -0.3 is 5.73 Å². The number of hydrogen-bond acceptors (Lipinski definition) is 5. The van der Waals surface area contributed by atoms with Crippen molar-refractivity contribution in [3.63, 3.8) is 0 Å². The average Bonchev–Trinajstić information content (AvgIpc) is 2.75. The molecule has 1 atom stereocenters. The quantitative estimate of drug-likeness (QED) is 0.829. The Labute approximate surface area is 84.3 Å². The maximum atomic E-state index is 5.71. The molecule has 0 bridgehead atoms. The summed E-state index contributed by atoms with van der Waals surface area (Å²) in [6.07, 6.45) is 1.78. The van der Waals surface area contributed by atoms with E-state index in [9.17, 15) is 0 Å². The highest BCUT2D eigenvalue weighted by atomic mass is 32.1. The number of rotatable bonds is 2. The molecule has 2 rings (SSSR count). The van der Waals surface area contributed by atoms with E-state index in [0.717, 1.165) is 15.7 Å². The van der Waals surface area contributed by atoms with Gasteiger partial charge in [0.25, 0.3) is 0 Å². The summed E-state index contributed by atoms with van der Waals surface area (Å²) in [5, 5.41) is 5.86. The topological polar surface area (TPSA) is 51.8 Å². The minimum atomic E-state index is 0.00459. The fourth-order valence-electron chi connectivity index (χ4n) is 0.923. The van der Waals surface area contributed by atoms with Gasteiger partial charge in [-0.3, -0.25) is 0 Å². The van der Waals surface area contributed by atoms with Crippen LogP contribution in [-0.4, -0.2) is 9.97 Å². The molecule has 0 aliphatic heterocycles. The van der Waals surface area contributed by atoms with Crippen molar-refractivity contribution in [3.8, 4) is 10.0 Å². The van der Waals surface area contributed by atoms with Crippen LogP contribution in [0, 0.1) is 0 Å². The van der Waals surface area contributed by atoms with Crippen molar-refractivity contribution in [2.24, 2.45) is 5.73 Å². The molecule has 0 fully saturated rings. The molecule has 0 saturated heterocycles. The SMILES string of the molecule is CC(N)c1csc(-c2nccs2)n1. The lowest BCUT2D eigenvalue weighted by Gasteiger charge is -1.96. The molecule has 3 nitrogen and oxygen atoms in total. The molecule has 0 aromatic carbocycles. The third kappa shape index (κ3) is 1.77. The summed E-state index contributed by atoms with van der Waals surface area (Å²) < 4.78 is 0. The van der Waals surface area contributed by atoms with Gasteiger partial charge in [-0.05, 0) is 6.92 Å². The molecular weight excluding hydrogens is 202 g/mol. The van der Waals surface area contributed by atoms with Crippen molar-refractivity contribution >= 4 is 22.7 Å². The van der Waals surface area contributed by atoms with Gasteiger partial charge in [-0.15, -0.1) is 22.7 Å². The van der Waals surface area contributed by atoms with Crippen LogP contribution in [0.5, 0.6) is 0 Å². The molecule has 0 spiro atoms. The van der Waals surface area contributed by atoms with Crippen LogP contribution in [0.25, 0.3) is 10.0 Å². The summed E-state index contributed by atoms with van der Waals surface area (Å²) in [7, 11) is 0. The van der Waals surface area contributed by atoms with Crippen molar-refractivity contribution < 1.29 is 0 Å². The third-order valence-corrected chi connectivity index (χ3v) is 3.38. The molecule has 0 amide bonds. The Kier molecular flexibility index (Phi) is 2.39. The van der Waals surface area contributed by atoms with Crippen LogP contribution in [0.3, 0.4) is 0 Å². The monoisotopic (exact) mass is 211 g/mol. The number of thiazole rings is 2. The first-order valence-electron chi connectivity index (χ1n) is 3.88. The van der Waals surface area contributed by atoms with E-state index in [1.54, 1.807) is 28.9 Å². The molecule has 1 unspecified atom stereocenters. The lowest BCUT2D eigenvalue weighted by molar-refractivity contribution is 0.790. The summed E-state index contributed by atoms with van der Waals surface area (Å²) in [6, 6.07) is 0.00459. The van der Waals surface area contributed by atoms with Crippen LogP contribution in [-0.2, 0) is 0 Å². The van der Waals surface area contributed by atoms with E-state index in [1.807, 2.05) is 17.7 Å². The van der Waals surface area contributed by atoms with Crippen LogP contribution in [0.2, 0.25) is 0 Å². The maximum absolute atomic E-state index is 5.71. The largest absolute Gasteiger partial charge is 0.323 e. The van der Waals surface area contributed by atoms with Gasteiger partial charge in [-0.1, -0.05) is 0 Å². The molecule has 68 valence electrons. The Morgan fingerprint density at radius 2 is 2.23 bits per heavy atom. The molecule has 5 heteroatoms. The van der Waals surface area contributed by atoms with E-state index in [0.29, 0.717) is 0 Å². The Morgan fingerprint density at radius 3 is 2.77 bits per heavy atom. The second-order valence-corrected chi connectivity index (χ2v) is 4.46. The first-order valence-corrected chi connectivity index (χ1v) is 5.64. The molecule has 2 N–H and O–H groups in total. The summed E-state index contributed by atoms with van der Waals surface area (Å²) in [5.74, 6) is 0. The van der Waals surface area contributed by atoms with E-state index >= 15 is 0 Å². The van der Waals surface area contributed by atoms with E-state index < -0.39 is 0 Å². The predicted octanol–water partition coefficient (Wildman–Crippen LogP) is 2.29. The first kappa shape index (κ1) is 8.80. The maximum Gasteiger partial charge on any atom is 0.152 e. The molecule has 0 aliphatic rings. The fourth-order valence-corrected chi connectivity index (χ4v) is 2.54. The van der Waals surface area contributed by atoms with Gasteiger partial charge in [-0.2, -0.15) is 0 Å². The van der Waals surface area contributed by atoms with Crippen molar-refractivity contribution in [3.05, 3.63) is 22.7 Å². The first-order chi connectivity index (χ1) is 6.27. The average molecular weight is 211 g/mol. The number of hydrogen-bond donors (Lipinski definition) is 1. The van der Waals surface area contributed by atoms with Crippen molar-refractivity contribution in [2.45, 2.75) is 13.0 Å². The zero-order valence-electron chi connectivity index (χ0n) is 7.10. The second kappa shape index (κ2) is 3.53. The molecule has 13 heavy (non-hydrogen) atoms. The zero-order chi connectivity index (χ0) is 9.26. The molecule has 0 saturated carbocycles. The number of nitrogens with zero attached hydrogens (tertiary/aromatic N) is 2. The third-order valence-electron chi connectivity index (χ3n) is 1.60. The highest BCUT2D eigenvalue weighted by Crippen LogP contribution is 2.26. The Bertz CT molecular complexity index is 378. The predicted molar refractivity (Wildman–Crippen MR) is 55.8 cm³/mol. The number of nitrogens with two attached hydrogens (primary N) is 1. The van der Waals surface area contributed by atoms with Crippen molar-refractivity contribution in [2.75, 3.05) is 0 Å². The molecule has 2 heterocycles. The van der Waals surface area contributed by atoms with Gasteiger partial charge in [-0.25, -0.2) is 9.97 Å². The van der Waals surface area contributed by atoms with Crippen LogP contribution < -0.4 is 5.73 Å². The van der Waals surface area contributed by atoms with Gasteiger partial charge in [0.05, 0.1) is 5.69 Å². The Balaban J connectivity index is 2.33. The van der Waals surface area contributed by atoms with Gasteiger partial charge in [0.2, 0.25) is 0 Å². The van der Waals surface area contributed by atoms with Gasteiger partial charge in [0.15, 0.2) is 10.0 Å². The summed E-state index contributed by atoms with van der Waals surface area (Å²) >= 11 is 3.19. The van der Waals surface area contributed by atoms with Gasteiger partial charge in [0.1, 0.15) is 0 Å².